The SMILES string of the molecule is Cc1cc(F)ccc1NC(=O)Cn1nc(-c2ccc(F)cc2)oc1=O. The minimum absolute atomic E-state index is 0.0178. The van der Waals surface area contributed by atoms with E-state index < -0.39 is 23.3 Å². The van der Waals surface area contributed by atoms with Gasteiger partial charge in [-0.3, -0.25) is 4.79 Å². The van der Waals surface area contributed by atoms with Gasteiger partial charge < -0.3 is 9.73 Å². The van der Waals surface area contributed by atoms with Gasteiger partial charge in [-0.05, 0) is 55.0 Å². The Labute approximate surface area is 140 Å². The molecule has 1 amide bonds. The Morgan fingerprint density at radius 1 is 1.16 bits per heavy atom. The Bertz CT molecular complexity index is 978. The molecule has 0 fully saturated rings. The van der Waals surface area contributed by atoms with Crippen molar-refractivity contribution in [3.8, 4) is 11.5 Å². The second-order valence-electron chi connectivity index (χ2n) is 5.35. The summed E-state index contributed by atoms with van der Waals surface area (Å²) in [5.74, 6) is -2.19. The largest absolute Gasteiger partial charge is 0.437 e. The van der Waals surface area contributed by atoms with Gasteiger partial charge >= 0.3 is 5.76 Å². The van der Waals surface area contributed by atoms with E-state index in [1.165, 1.54) is 42.5 Å². The van der Waals surface area contributed by atoms with Crippen molar-refractivity contribution in [2.45, 2.75) is 13.5 Å². The van der Waals surface area contributed by atoms with Crippen molar-refractivity contribution >= 4 is 11.6 Å². The number of hydrogen-bond acceptors (Lipinski definition) is 4. The van der Waals surface area contributed by atoms with Crippen LogP contribution in [0.15, 0.2) is 51.7 Å². The lowest BCUT2D eigenvalue weighted by Crippen LogP contribution is -2.26. The van der Waals surface area contributed by atoms with E-state index in [-0.39, 0.29) is 12.4 Å². The lowest BCUT2D eigenvalue weighted by molar-refractivity contribution is -0.117. The highest BCUT2D eigenvalue weighted by atomic mass is 19.1. The zero-order valence-corrected chi connectivity index (χ0v) is 13.1. The summed E-state index contributed by atoms with van der Waals surface area (Å²) in [5.41, 5.74) is 1.39. The molecule has 3 rings (SSSR count). The number of rotatable bonds is 4. The standard InChI is InChI=1S/C17H13F2N3O3/c1-10-8-13(19)6-7-14(10)20-15(23)9-22-17(24)25-16(21-22)11-2-4-12(18)5-3-11/h2-8H,9H2,1H3,(H,20,23). The molecule has 1 aromatic heterocycles. The van der Waals surface area contributed by atoms with Crippen molar-refractivity contribution in [3.63, 3.8) is 0 Å². The highest BCUT2D eigenvalue weighted by molar-refractivity contribution is 5.91. The molecule has 8 heteroatoms. The third-order valence-electron chi connectivity index (χ3n) is 3.45. The first-order valence-corrected chi connectivity index (χ1v) is 7.32. The van der Waals surface area contributed by atoms with Crippen LogP contribution in [-0.4, -0.2) is 15.7 Å². The number of aromatic nitrogens is 2. The van der Waals surface area contributed by atoms with E-state index in [9.17, 15) is 18.4 Å². The summed E-state index contributed by atoms with van der Waals surface area (Å²) in [6.07, 6.45) is 0. The van der Waals surface area contributed by atoms with Crippen LogP contribution in [0.5, 0.6) is 0 Å². The molecular formula is C17H13F2N3O3. The first-order valence-electron chi connectivity index (χ1n) is 7.32. The number of nitrogens with one attached hydrogen (secondary N) is 1. The Hall–Kier alpha value is -3.29. The van der Waals surface area contributed by atoms with Crippen LogP contribution in [0, 0.1) is 18.6 Å². The van der Waals surface area contributed by atoms with Gasteiger partial charge in [0.15, 0.2) is 0 Å². The van der Waals surface area contributed by atoms with Crippen LogP contribution in [0.3, 0.4) is 0 Å². The minimum atomic E-state index is -0.815. The van der Waals surface area contributed by atoms with Crippen LogP contribution in [0.1, 0.15) is 5.56 Å². The van der Waals surface area contributed by atoms with Crippen molar-refractivity contribution in [1.29, 1.82) is 0 Å². The van der Waals surface area contributed by atoms with Crippen LogP contribution in [0.2, 0.25) is 0 Å². The number of anilines is 1. The molecule has 6 nitrogen and oxygen atoms in total. The molecule has 25 heavy (non-hydrogen) atoms. The molecule has 0 atom stereocenters. The topological polar surface area (TPSA) is 77.1 Å². The normalized spacial score (nSPS) is 10.7. The maximum Gasteiger partial charge on any atom is 0.437 e. The van der Waals surface area contributed by atoms with Gasteiger partial charge in [0.05, 0.1) is 0 Å². The zero-order chi connectivity index (χ0) is 18.0. The highest BCUT2D eigenvalue weighted by Gasteiger charge is 2.14. The molecule has 0 radical (unpaired) electrons. The molecule has 0 bridgehead atoms. The number of halogens is 2. The molecule has 0 unspecified atom stereocenters. The van der Waals surface area contributed by atoms with Gasteiger partial charge in [-0.25, -0.2) is 13.6 Å². The maximum absolute atomic E-state index is 13.1. The van der Waals surface area contributed by atoms with Gasteiger partial charge in [0.2, 0.25) is 11.8 Å². The predicted molar refractivity (Wildman–Crippen MR) is 85.9 cm³/mol. The van der Waals surface area contributed by atoms with Crippen LogP contribution in [-0.2, 0) is 11.3 Å². The van der Waals surface area contributed by atoms with E-state index >= 15 is 0 Å². The number of aryl methyl sites for hydroxylation is 1. The van der Waals surface area contributed by atoms with Crippen molar-refractivity contribution in [3.05, 3.63) is 70.2 Å². The maximum atomic E-state index is 13.1. The Balaban J connectivity index is 1.75. The Kier molecular flexibility index (Phi) is 4.42. The molecule has 128 valence electrons. The van der Waals surface area contributed by atoms with Gasteiger partial charge in [0.25, 0.3) is 0 Å². The number of nitrogens with zero attached hydrogens (tertiary/aromatic N) is 2. The first kappa shape index (κ1) is 16.6. The first-order chi connectivity index (χ1) is 11.9. The number of carbonyl (C=O) groups is 1. The fraction of sp³-hybridized carbons (Fsp3) is 0.118. The predicted octanol–water partition coefficient (Wildman–Crippen LogP) is 2.73. The van der Waals surface area contributed by atoms with Crippen LogP contribution in [0.25, 0.3) is 11.5 Å². The summed E-state index contributed by atoms with van der Waals surface area (Å²) in [6.45, 7) is 1.27. The summed E-state index contributed by atoms with van der Waals surface area (Å²) in [5, 5.41) is 6.50. The zero-order valence-electron chi connectivity index (χ0n) is 13.1. The van der Waals surface area contributed by atoms with E-state index in [1.807, 2.05) is 0 Å². The van der Waals surface area contributed by atoms with Crippen LogP contribution >= 0.6 is 0 Å². The van der Waals surface area contributed by atoms with Gasteiger partial charge in [-0.15, -0.1) is 5.10 Å². The Morgan fingerprint density at radius 2 is 1.84 bits per heavy atom. The molecule has 0 aliphatic carbocycles. The second kappa shape index (κ2) is 6.68. The van der Waals surface area contributed by atoms with E-state index in [0.29, 0.717) is 16.8 Å². The van der Waals surface area contributed by atoms with E-state index in [0.717, 1.165) is 4.68 Å². The van der Waals surface area contributed by atoms with Crippen molar-refractivity contribution in [2.75, 3.05) is 5.32 Å². The lowest BCUT2D eigenvalue weighted by Gasteiger charge is -2.07. The van der Waals surface area contributed by atoms with Crippen molar-refractivity contribution in [1.82, 2.24) is 9.78 Å². The third kappa shape index (κ3) is 3.79. The van der Waals surface area contributed by atoms with Crippen LogP contribution in [0.4, 0.5) is 14.5 Å². The number of carbonyl (C=O) groups excluding carboxylic acids is 1. The molecule has 0 spiro atoms. The summed E-state index contributed by atoms with van der Waals surface area (Å²) in [7, 11) is 0. The Morgan fingerprint density at radius 3 is 2.52 bits per heavy atom. The fourth-order valence-electron chi connectivity index (χ4n) is 2.21. The lowest BCUT2D eigenvalue weighted by atomic mass is 10.2. The quantitative estimate of drug-likeness (QED) is 0.789. The average Bonchev–Trinajstić information content (AvgIpc) is 2.91. The highest BCUT2D eigenvalue weighted by Crippen LogP contribution is 2.17. The van der Waals surface area contributed by atoms with Crippen LogP contribution < -0.4 is 11.1 Å². The van der Waals surface area contributed by atoms with Crippen molar-refractivity contribution < 1.29 is 18.0 Å². The van der Waals surface area contributed by atoms with Gasteiger partial charge in [0, 0.05) is 11.3 Å². The summed E-state index contributed by atoms with van der Waals surface area (Å²) < 4.78 is 31.8. The monoisotopic (exact) mass is 345 g/mol. The van der Waals surface area contributed by atoms with Gasteiger partial charge in [-0.2, -0.15) is 4.68 Å². The molecule has 1 heterocycles. The molecule has 2 aromatic carbocycles. The number of hydrogen-bond donors (Lipinski definition) is 1. The minimum Gasteiger partial charge on any atom is -0.388 e. The smallest absolute Gasteiger partial charge is 0.388 e. The molecule has 0 aliphatic rings. The van der Waals surface area contributed by atoms with E-state index in [1.54, 1.807) is 6.92 Å². The van der Waals surface area contributed by atoms with E-state index in [4.69, 9.17) is 4.42 Å². The molecule has 1 N–H and O–H groups in total. The number of amides is 1. The van der Waals surface area contributed by atoms with E-state index in [2.05, 4.69) is 10.4 Å². The molecular weight excluding hydrogens is 332 g/mol. The molecule has 0 saturated heterocycles. The second-order valence-corrected chi connectivity index (χ2v) is 5.35. The number of benzene rings is 2. The summed E-state index contributed by atoms with van der Waals surface area (Å²) in [4.78, 5) is 23.9. The summed E-state index contributed by atoms with van der Waals surface area (Å²) >= 11 is 0. The van der Waals surface area contributed by atoms with Gasteiger partial charge in [0.1, 0.15) is 18.2 Å². The van der Waals surface area contributed by atoms with Gasteiger partial charge in [-0.1, -0.05) is 0 Å². The average molecular weight is 345 g/mol. The fourth-order valence-corrected chi connectivity index (χ4v) is 2.21. The van der Waals surface area contributed by atoms with Crippen molar-refractivity contribution in [2.24, 2.45) is 0 Å². The summed E-state index contributed by atoms with van der Waals surface area (Å²) in [6, 6.07) is 9.16. The molecule has 0 saturated carbocycles. The third-order valence-corrected chi connectivity index (χ3v) is 3.45. The molecule has 0 aliphatic heterocycles. The molecule has 3 aromatic rings.